The van der Waals surface area contributed by atoms with Crippen molar-refractivity contribution in [3.63, 3.8) is 0 Å². The van der Waals surface area contributed by atoms with Crippen LogP contribution in [0.15, 0.2) is 18.2 Å². The first-order chi connectivity index (χ1) is 9.63. The molecule has 0 heterocycles. The second kappa shape index (κ2) is 6.36. The molecule has 1 fully saturated rings. The predicted molar refractivity (Wildman–Crippen MR) is 76.9 cm³/mol. The molecular weight excluding hydrogens is 258 g/mol. The Bertz CT molecular complexity index is 512. The van der Waals surface area contributed by atoms with E-state index in [9.17, 15) is 14.9 Å². The monoisotopic (exact) mass is 277 g/mol. The quantitative estimate of drug-likeness (QED) is 0.618. The van der Waals surface area contributed by atoms with Crippen LogP contribution in [-0.2, 0) is 0 Å². The van der Waals surface area contributed by atoms with Gasteiger partial charge in [0.2, 0.25) is 0 Å². The summed E-state index contributed by atoms with van der Waals surface area (Å²) in [5.41, 5.74) is 0.285. The number of carbonyl (C=O) groups excluding carboxylic acids is 1. The summed E-state index contributed by atoms with van der Waals surface area (Å²) in [4.78, 5) is 22.7. The summed E-state index contributed by atoms with van der Waals surface area (Å²) in [5.74, 6) is 0.321. The van der Waals surface area contributed by atoms with Gasteiger partial charge < -0.3 is 10.6 Å². The molecule has 0 saturated heterocycles. The van der Waals surface area contributed by atoms with E-state index in [1.54, 1.807) is 19.2 Å². The summed E-state index contributed by atoms with van der Waals surface area (Å²) in [5, 5.41) is 16.6. The number of benzene rings is 1. The fraction of sp³-hybridized carbons (Fsp3) is 0.500. The van der Waals surface area contributed by atoms with Crippen LogP contribution in [0, 0.1) is 16.0 Å². The average Bonchev–Trinajstić information content (AvgIpc) is 2.40. The summed E-state index contributed by atoms with van der Waals surface area (Å²) >= 11 is 0. The molecule has 0 unspecified atom stereocenters. The van der Waals surface area contributed by atoms with E-state index >= 15 is 0 Å². The minimum atomic E-state index is -0.521. The van der Waals surface area contributed by atoms with Crippen LogP contribution >= 0.6 is 0 Å². The molecule has 0 bridgehead atoms. The highest BCUT2D eigenvalue weighted by molar-refractivity contribution is 6.00. The van der Waals surface area contributed by atoms with E-state index in [2.05, 4.69) is 10.6 Å². The van der Waals surface area contributed by atoms with Gasteiger partial charge in [-0.3, -0.25) is 14.9 Å². The maximum absolute atomic E-state index is 12.1. The lowest BCUT2D eigenvalue weighted by Crippen LogP contribution is -2.28. The number of anilines is 1. The van der Waals surface area contributed by atoms with Crippen LogP contribution in [0.3, 0.4) is 0 Å². The SMILES string of the molecule is CNc1cccc(C(=O)NCCC2CCC2)c1[N+](=O)[O-]. The van der Waals surface area contributed by atoms with Crippen molar-refractivity contribution in [2.24, 2.45) is 5.92 Å². The minimum absolute atomic E-state index is 0.107. The van der Waals surface area contributed by atoms with Crippen LogP contribution < -0.4 is 10.6 Å². The topological polar surface area (TPSA) is 84.3 Å². The summed E-state index contributed by atoms with van der Waals surface area (Å²) in [6.07, 6.45) is 4.68. The number of nitro benzene ring substituents is 1. The standard InChI is InChI=1S/C14H19N3O3/c1-15-12-7-3-6-11(13(12)17(19)20)14(18)16-9-8-10-4-2-5-10/h3,6-7,10,15H,2,4-5,8-9H2,1H3,(H,16,18). The normalized spacial score (nSPS) is 14.4. The number of para-hydroxylation sites is 1. The Morgan fingerprint density at radius 2 is 2.20 bits per heavy atom. The van der Waals surface area contributed by atoms with Crippen molar-refractivity contribution in [1.29, 1.82) is 0 Å². The Kier molecular flexibility index (Phi) is 4.55. The Morgan fingerprint density at radius 1 is 1.45 bits per heavy atom. The zero-order valence-corrected chi connectivity index (χ0v) is 11.5. The van der Waals surface area contributed by atoms with Gasteiger partial charge >= 0.3 is 5.69 Å². The van der Waals surface area contributed by atoms with Gasteiger partial charge in [-0.05, 0) is 24.5 Å². The van der Waals surface area contributed by atoms with Crippen LogP contribution in [0.4, 0.5) is 11.4 Å². The first kappa shape index (κ1) is 14.3. The number of nitrogens with zero attached hydrogens (tertiary/aromatic N) is 1. The second-order valence-electron chi connectivity index (χ2n) is 5.05. The summed E-state index contributed by atoms with van der Waals surface area (Å²) in [6.45, 7) is 0.574. The molecule has 108 valence electrons. The Balaban J connectivity index is 2.06. The number of carbonyl (C=O) groups is 1. The number of amides is 1. The van der Waals surface area contributed by atoms with Crippen molar-refractivity contribution in [2.45, 2.75) is 25.7 Å². The highest BCUT2D eigenvalue weighted by Gasteiger charge is 2.24. The fourth-order valence-electron chi connectivity index (χ4n) is 2.39. The Morgan fingerprint density at radius 3 is 2.75 bits per heavy atom. The molecular formula is C14H19N3O3. The molecule has 0 aromatic heterocycles. The van der Waals surface area contributed by atoms with Gasteiger partial charge in [0.25, 0.3) is 5.91 Å². The van der Waals surface area contributed by atoms with Crippen molar-refractivity contribution < 1.29 is 9.72 Å². The van der Waals surface area contributed by atoms with Crippen molar-refractivity contribution in [1.82, 2.24) is 5.32 Å². The van der Waals surface area contributed by atoms with Gasteiger partial charge in [0, 0.05) is 13.6 Å². The molecule has 20 heavy (non-hydrogen) atoms. The first-order valence-electron chi connectivity index (χ1n) is 6.87. The van der Waals surface area contributed by atoms with Gasteiger partial charge in [0.1, 0.15) is 11.3 Å². The van der Waals surface area contributed by atoms with E-state index in [1.165, 1.54) is 25.3 Å². The third-order valence-electron chi connectivity index (χ3n) is 3.80. The van der Waals surface area contributed by atoms with Crippen molar-refractivity contribution in [2.75, 3.05) is 18.9 Å². The van der Waals surface area contributed by atoms with Crippen LogP contribution in [0.25, 0.3) is 0 Å². The molecule has 2 N–H and O–H groups in total. The summed E-state index contributed by atoms with van der Waals surface area (Å²) in [7, 11) is 1.60. The van der Waals surface area contributed by atoms with Crippen molar-refractivity contribution in [3.8, 4) is 0 Å². The Hall–Kier alpha value is -2.11. The Labute approximate surface area is 117 Å². The molecule has 0 radical (unpaired) electrons. The fourth-order valence-corrected chi connectivity index (χ4v) is 2.39. The number of nitrogens with one attached hydrogen (secondary N) is 2. The van der Waals surface area contributed by atoms with Crippen molar-refractivity contribution in [3.05, 3.63) is 33.9 Å². The zero-order chi connectivity index (χ0) is 14.5. The molecule has 1 aliphatic rings. The summed E-state index contributed by atoms with van der Waals surface area (Å²) in [6, 6.07) is 4.71. The molecule has 1 aromatic carbocycles. The number of hydrogen-bond donors (Lipinski definition) is 2. The largest absolute Gasteiger partial charge is 0.383 e. The van der Waals surface area contributed by atoms with E-state index in [0.717, 1.165) is 6.42 Å². The van der Waals surface area contributed by atoms with Gasteiger partial charge in [0.15, 0.2) is 0 Å². The van der Waals surface area contributed by atoms with E-state index in [1.807, 2.05) is 0 Å². The lowest BCUT2D eigenvalue weighted by atomic mass is 9.83. The van der Waals surface area contributed by atoms with Gasteiger partial charge in [-0.2, -0.15) is 0 Å². The lowest BCUT2D eigenvalue weighted by Gasteiger charge is -2.25. The number of hydrogen-bond acceptors (Lipinski definition) is 4. The maximum atomic E-state index is 12.1. The molecule has 1 saturated carbocycles. The van der Waals surface area contributed by atoms with E-state index in [0.29, 0.717) is 18.2 Å². The molecule has 2 rings (SSSR count). The maximum Gasteiger partial charge on any atom is 0.305 e. The van der Waals surface area contributed by atoms with Crippen LogP contribution in [0.5, 0.6) is 0 Å². The van der Waals surface area contributed by atoms with Gasteiger partial charge in [-0.25, -0.2) is 0 Å². The van der Waals surface area contributed by atoms with Crippen LogP contribution in [-0.4, -0.2) is 24.4 Å². The van der Waals surface area contributed by atoms with Gasteiger partial charge in [-0.15, -0.1) is 0 Å². The predicted octanol–water partition coefficient (Wildman–Crippen LogP) is 2.56. The van der Waals surface area contributed by atoms with E-state index in [4.69, 9.17) is 0 Å². The number of nitro groups is 1. The van der Waals surface area contributed by atoms with E-state index in [-0.39, 0.29) is 17.2 Å². The van der Waals surface area contributed by atoms with Gasteiger partial charge in [0.05, 0.1) is 4.92 Å². The summed E-state index contributed by atoms with van der Waals surface area (Å²) < 4.78 is 0. The highest BCUT2D eigenvalue weighted by Crippen LogP contribution is 2.29. The highest BCUT2D eigenvalue weighted by atomic mass is 16.6. The molecule has 1 amide bonds. The molecule has 0 aliphatic heterocycles. The van der Waals surface area contributed by atoms with Gasteiger partial charge in [-0.1, -0.05) is 25.3 Å². The molecule has 6 heteroatoms. The average molecular weight is 277 g/mol. The first-order valence-corrected chi connectivity index (χ1v) is 6.87. The lowest BCUT2D eigenvalue weighted by molar-refractivity contribution is -0.384. The molecule has 0 atom stereocenters. The third-order valence-corrected chi connectivity index (χ3v) is 3.80. The van der Waals surface area contributed by atoms with E-state index < -0.39 is 4.92 Å². The number of rotatable bonds is 6. The van der Waals surface area contributed by atoms with Crippen LogP contribution in [0.2, 0.25) is 0 Å². The second-order valence-corrected chi connectivity index (χ2v) is 5.05. The van der Waals surface area contributed by atoms with Crippen molar-refractivity contribution >= 4 is 17.3 Å². The molecule has 1 aromatic rings. The molecule has 0 spiro atoms. The molecule has 6 nitrogen and oxygen atoms in total. The third kappa shape index (κ3) is 3.07. The van der Waals surface area contributed by atoms with Crippen LogP contribution in [0.1, 0.15) is 36.0 Å². The zero-order valence-electron chi connectivity index (χ0n) is 11.5. The smallest absolute Gasteiger partial charge is 0.305 e. The molecule has 1 aliphatic carbocycles. The minimum Gasteiger partial charge on any atom is -0.383 e.